The fourth-order valence-electron chi connectivity index (χ4n) is 8.54. The third-order valence-electron chi connectivity index (χ3n) is 12.7. The van der Waals surface area contributed by atoms with E-state index in [0.717, 1.165) is 21.7 Å². The number of carbonyl (C=O) groups excluding carboxylic acids is 4. The van der Waals surface area contributed by atoms with E-state index < -0.39 is 52.9 Å². The molecule has 0 bridgehead atoms. The Kier molecular flexibility index (Phi) is 22.6. The number of aryl methyl sites for hydroxylation is 1. The number of carbonyl (C=O) groups is 4. The molecule has 24 heteroatoms. The van der Waals surface area contributed by atoms with Crippen molar-refractivity contribution in [1.82, 2.24) is 40.3 Å². The second kappa shape index (κ2) is 28.3. The first-order valence-corrected chi connectivity index (χ1v) is 27.8. The van der Waals surface area contributed by atoms with Crippen molar-refractivity contribution in [1.29, 1.82) is 0 Å². The largest absolute Gasteiger partial charge is 0.462 e. The standard InChI is InChI=1S/C53H74BrClFN9O11S/c1-33(35-10-12-36(13-11-35)45-34(2)57-32-77-45)58-48(68)40-28-37(66)30-65(40)49(69)46(52(3,4)5)59-41(67)31-74-27-26-73-25-24-72-23-22-71-20-18-62(9)19-21-75-50-60-44-38(29-39(55)42(54)43(44)56)47(61-50)63-14-16-64(17-15-63)51(70)76-53(6,7)8/h10-13,29,32-33,37,40,46,66H,14-28,30-31H2,1-9H3,(H,58,68)(H,59,67)/t33?,37-,40+,46?/m1/s1. The molecular formula is C53H74BrClFN9O11S. The Labute approximate surface area is 467 Å². The number of ether oxygens (including phenoxy) is 6. The van der Waals surface area contributed by atoms with E-state index in [1.54, 1.807) is 22.3 Å². The molecule has 4 atom stereocenters. The van der Waals surface area contributed by atoms with Gasteiger partial charge in [0.2, 0.25) is 17.7 Å². The zero-order valence-corrected chi connectivity index (χ0v) is 48.7. The SMILES string of the molecule is Cc1ncsc1-c1ccc(C(C)NC(=O)[C@@H]2C[C@@H](O)CN2C(=O)C(NC(=O)COCCOCCOCCOCCN(C)CCOc2nc(N3CCN(C(=O)OC(C)(C)C)CC3)c3cc(Cl)c(Br)c(F)c3n2)C(C)(C)C)cc1. The fourth-order valence-corrected chi connectivity index (χ4v) is 9.84. The Morgan fingerprint density at radius 1 is 0.909 bits per heavy atom. The Balaban J connectivity index is 0.823. The van der Waals surface area contributed by atoms with Gasteiger partial charge < -0.3 is 63.8 Å². The van der Waals surface area contributed by atoms with Crippen molar-refractivity contribution in [3.8, 4) is 16.5 Å². The van der Waals surface area contributed by atoms with Gasteiger partial charge in [-0.3, -0.25) is 14.4 Å². The smallest absolute Gasteiger partial charge is 0.410 e. The Morgan fingerprint density at radius 3 is 2.14 bits per heavy atom. The minimum atomic E-state index is -0.988. The topological polar surface area (TPSA) is 220 Å². The number of rotatable bonds is 25. The lowest BCUT2D eigenvalue weighted by Crippen LogP contribution is -2.58. The molecular weight excluding hydrogens is 1110 g/mol. The van der Waals surface area contributed by atoms with Gasteiger partial charge in [-0.25, -0.2) is 14.2 Å². The summed E-state index contributed by atoms with van der Waals surface area (Å²) < 4.78 is 49.6. The number of fused-ring (bicyclic) bond motifs is 1. The predicted molar refractivity (Wildman–Crippen MR) is 295 cm³/mol. The van der Waals surface area contributed by atoms with Crippen LogP contribution in [-0.4, -0.2) is 195 Å². The summed E-state index contributed by atoms with van der Waals surface area (Å²) in [6, 6.07) is 7.27. The first kappa shape index (κ1) is 61.4. The van der Waals surface area contributed by atoms with Crippen molar-refractivity contribution in [2.24, 2.45) is 5.41 Å². The van der Waals surface area contributed by atoms with Gasteiger partial charge in [0, 0.05) is 57.6 Å². The minimum absolute atomic E-state index is 0.0164. The first-order chi connectivity index (χ1) is 36.5. The summed E-state index contributed by atoms with van der Waals surface area (Å²) in [7, 11) is 1.92. The van der Waals surface area contributed by atoms with Crippen LogP contribution in [0, 0.1) is 18.2 Å². The molecule has 2 aromatic carbocycles. The van der Waals surface area contributed by atoms with Crippen LogP contribution in [0.15, 0.2) is 40.3 Å². The lowest BCUT2D eigenvalue weighted by atomic mass is 9.85. The number of anilines is 1. The van der Waals surface area contributed by atoms with Crippen LogP contribution in [0.25, 0.3) is 21.3 Å². The molecule has 0 saturated carbocycles. The number of thiazole rings is 1. The van der Waals surface area contributed by atoms with Gasteiger partial charge in [-0.15, -0.1) is 11.3 Å². The number of piperazine rings is 1. The van der Waals surface area contributed by atoms with E-state index in [1.807, 2.05) is 102 Å². The van der Waals surface area contributed by atoms with Crippen LogP contribution in [-0.2, 0) is 38.1 Å². The molecule has 3 N–H and O–H groups in total. The van der Waals surface area contributed by atoms with E-state index in [1.165, 1.54) is 4.90 Å². The molecule has 0 aliphatic carbocycles. The van der Waals surface area contributed by atoms with Crippen LogP contribution in [0.4, 0.5) is 15.0 Å². The van der Waals surface area contributed by atoms with Gasteiger partial charge in [0.25, 0.3) is 0 Å². The highest BCUT2D eigenvalue weighted by atomic mass is 79.9. The summed E-state index contributed by atoms with van der Waals surface area (Å²) in [4.78, 5) is 74.8. The number of aliphatic hydroxyl groups excluding tert-OH is 1. The number of β-amino-alcohol motifs (C(OH)–C–C–N with tert-alkyl or cyclic N) is 1. The van der Waals surface area contributed by atoms with Crippen molar-refractivity contribution in [3.63, 3.8) is 0 Å². The lowest BCUT2D eigenvalue weighted by molar-refractivity contribution is -0.144. The number of nitrogens with one attached hydrogen (secondary N) is 2. The molecule has 2 unspecified atom stereocenters. The third kappa shape index (κ3) is 17.8. The molecule has 4 amide bonds. The lowest BCUT2D eigenvalue weighted by Gasteiger charge is -2.36. The predicted octanol–water partition coefficient (Wildman–Crippen LogP) is 6.42. The van der Waals surface area contributed by atoms with Crippen LogP contribution in [0.3, 0.4) is 0 Å². The number of hydrogen-bond donors (Lipinski definition) is 3. The van der Waals surface area contributed by atoms with E-state index >= 15 is 4.39 Å². The minimum Gasteiger partial charge on any atom is -0.462 e. The number of halogens is 3. The Bertz CT molecular complexity index is 2620. The van der Waals surface area contributed by atoms with Gasteiger partial charge in [-0.05, 0) is 80.2 Å². The number of likely N-dealkylation sites (N-methyl/N-ethyl adjacent to an activating group) is 1. The van der Waals surface area contributed by atoms with E-state index in [-0.39, 0.29) is 72.4 Å². The van der Waals surface area contributed by atoms with Crippen molar-refractivity contribution < 1.29 is 57.1 Å². The maximum atomic E-state index is 15.5. The number of hydrogen-bond acceptors (Lipinski definition) is 17. The van der Waals surface area contributed by atoms with Gasteiger partial charge in [-0.1, -0.05) is 56.6 Å². The van der Waals surface area contributed by atoms with E-state index in [0.29, 0.717) is 83.5 Å². The highest BCUT2D eigenvalue weighted by Gasteiger charge is 2.45. The quantitative estimate of drug-likeness (QED) is 0.0482. The molecule has 4 aromatic rings. The molecule has 2 aliphatic rings. The van der Waals surface area contributed by atoms with E-state index in [4.69, 9.17) is 40.0 Å². The van der Waals surface area contributed by atoms with Gasteiger partial charge in [0.15, 0.2) is 5.82 Å². The number of amides is 4. The maximum absolute atomic E-state index is 15.5. The number of likely N-dealkylation sites (tertiary alicyclic amines) is 1. The van der Waals surface area contributed by atoms with Crippen molar-refractivity contribution >= 4 is 79.4 Å². The van der Waals surface area contributed by atoms with Crippen molar-refractivity contribution in [3.05, 3.63) is 62.4 Å². The molecule has 2 aliphatic heterocycles. The van der Waals surface area contributed by atoms with Crippen LogP contribution in [0.1, 0.15) is 72.2 Å². The number of benzene rings is 2. The summed E-state index contributed by atoms with van der Waals surface area (Å²) in [5.41, 5.74) is 3.42. The van der Waals surface area contributed by atoms with Crippen LogP contribution >= 0.6 is 38.9 Å². The zero-order chi connectivity index (χ0) is 56.0. The van der Waals surface area contributed by atoms with Gasteiger partial charge in [0.05, 0.1) is 84.0 Å². The van der Waals surface area contributed by atoms with Gasteiger partial charge in [-0.2, -0.15) is 9.97 Å². The van der Waals surface area contributed by atoms with Crippen molar-refractivity contribution in [2.45, 2.75) is 91.6 Å². The molecule has 0 spiro atoms. The van der Waals surface area contributed by atoms with E-state index in [9.17, 15) is 24.3 Å². The molecule has 2 saturated heterocycles. The molecule has 2 aromatic heterocycles. The second-order valence-corrected chi connectivity index (χ2v) is 23.1. The van der Waals surface area contributed by atoms with Crippen LogP contribution in [0.5, 0.6) is 6.01 Å². The molecule has 77 heavy (non-hydrogen) atoms. The summed E-state index contributed by atoms with van der Waals surface area (Å²) in [5.74, 6) is -1.51. The fraction of sp³-hybridized carbons (Fsp3) is 0.604. The second-order valence-electron chi connectivity index (χ2n) is 21.1. The van der Waals surface area contributed by atoms with Crippen LogP contribution < -0.4 is 20.3 Å². The Morgan fingerprint density at radius 2 is 1.53 bits per heavy atom. The molecule has 424 valence electrons. The van der Waals surface area contributed by atoms with Gasteiger partial charge >= 0.3 is 12.1 Å². The molecule has 4 heterocycles. The van der Waals surface area contributed by atoms with E-state index in [2.05, 4.69) is 41.5 Å². The van der Waals surface area contributed by atoms with Gasteiger partial charge in [0.1, 0.15) is 42.2 Å². The molecule has 0 radical (unpaired) electrons. The average Bonchev–Trinajstić information content (AvgIpc) is 4.01. The number of aromatic nitrogens is 3. The third-order valence-corrected chi connectivity index (χ3v) is 15.0. The normalized spacial score (nSPS) is 17.0. The van der Waals surface area contributed by atoms with Crippen LogP contribution in [0.2, 0.25) is 5.02 Å². The summed E-state index contributed by atoms with van der Waals surface area (Å²) in [5, 5.41) is 17.0. The number of nitrogens with zero attached hydrogens (tertiary/aromatic N) is 7. The maximum Gasteiger partial charge on any atom is 0.410 e. The molecule has 20 nitrogen and oxygen atoms in total. The van der Waals surface area contributed by atoms with Crippen molar-refractivity contribution in [2.75, 3.05) is 117 Å². The Hall–Kier alpha value is -4.85. The zero-order valence-electron chi connectivity index (χ0n) is 45.5. The average molecular weight is 1180 g/mol. The molecule has 2 fully saturated rings. The summed E-state index contributed by atoms with van der Waals surface area (Å²) >= 11 is 11.1. The summed E-state index contributed by atoms with van der Waals surface area (Å²) in [6.45, 7) is 19.6. The molecule has 6 rings (SSSR count). The summed E-state index contributed by atoms with van der Waals surface area (Å²) in [6.07, 6.45) is -1.21. The first-order valence-electron chi connectivity index (χ1n) is 25.8. The highest BCUT2D eigenvalue weighted by Crippen LogP contribution is 2.37. The monoisotopic (exact) mass is 1180 g/mol. The highest BCUT2D eigenvalue weighted by molar-refractivity contribution is 9.10. The number of aliphatic hydroxyl groups is 1.